The third-order valence-corrected chi connectivity index (χ3v) is 4.32. The summed E-state index contributed by atoms with van der Waals surface area (Å²) in [6, 6.07) is 0. The van der Waals surface area contributed by atoms with E-state index in [4.69, 9.17) is 4.74 Å². The van der Waals surface area contributed by atoms with Crippen molar-refractivity contribution in [2.45, 2.75) is 71.0 Å². The lowest BCUT2D eigenvalue weighted by Gasteiger charge is -2.43. The minimum Gasteiger partial charge on any atom is -0.375 e. The third-order valence-electron chi connectivity index (χ3n) is 4.32. The molecule has 0 spiro atoms. The average molecular weight is 225 g/mol. The molecule has 2 aliphatic rings. The van der Waals surface area contributed by atoms with Crippen molar-refractivity contribution in [3.63, 3.8) is 0 Å². The van der Waals surface area contributed by atoms with Crippen LogP contribution in [0.1, 0.15) is 58.8 Å². The van der Waals surface area contributed by atoms with Crippen LogP contribution < -0.4 is 5.32 Å². The summed E-state index contributed by atoms with van der Waals surface area (Å²) >= 11 is 0. The molecule has 2 atom stereocenters. The van der Waals surface area contributed by atoms with Crippen molar-refractivity contribution in [1.29, 1.82) is 0 Å². The molecule has 2 heteroatoms. The van der Waals surface area contributed by atoms with Gasteiger partial charge >= 0.3 is 0 Å². The van der Waals surface area contributed by atoms with Gasteiger partial charge in [0.15, 0.2) is 0 Å². The number of rotatable bonds is 6. The Kier molecular flexibility index (Phi) is 4.26. The molecule has 0 bridgehead atoms. The monoisotopic (exact) mass is 225 g/mol. The first-order valence-electron chi connectivity index (χ1n) is 7.10. The van der Waals surface area contributed by atoms with Crippen molar-refractivity contribution >= 4 is 0 Å². The molecule has 0 aromatic rings. The van der Waals surface area contributed by atoms with Crippen LogP contribution in [-0.2, 0) is 4.74 Å². The van der Waals surface area contributed by atoms with Crippen molar-refractivity contribution in [1.82, 2.24) is 5.32 Å². The van der Waals surface area contributed by atoms with Gasteiger partial charge in [-0.05, 0) is 57.4 Å². The molecule has 1 saturated carbocycles. The van der Waals surface area contributed by atoms with Gasteiger partial charge in [-0.25, -0.2) is 0 Å². The maximum absolute atomic E-state index is 5.97. The fraction of sp³-hybridized carbons (Fsp3) is 1.00. The fourth-order valence-corrected chi connectivity index (χ4v) is 3.18. The van der Waals surface area contributed by atoms with E-state index in [-0.39, 0.29) is 0 Å². The van der Waals surface area contributed by atoms with E-state index in [1.54, 1.807) is 0 Å². The van der Waals surface area contributed by atoms with E-state index in [2.05, 4.69) is 19.2 Å². The Balaban J connectivity index is 1.75. The maximum atomic E-state index is 5.97. The zero-order chi connectivity index (χ0) is 11.4. The molecule has 2 nitrogen and oxygen atoms in total. The molecule has 1 aliphatic carbocycles. The van der Waals surface area contributed by atoms with Crippen molar-refractivity contribution in [3.8, 4) is 0 Å². The Bertz CT molecular complexity index is 213. The highest BCUT2D eigenvalue weighted by molar-refractivity contribution is 4.92. The van der Waals surface area contributed by atoms with Gasteiger partial charge in [-0.3, -0.25) is 0 Å². The molecule has 1 heterocycles. The summed E-state index contributed by atoms with van der Waals surface area (Å²) in [7, 11) is 0. The molecular weight excluding hydrogens is 198 g/mol. The zero-order valence-corrected chi connectivity index (χ0v) is 10.9. The maximum Gasteiger partial charge on any atom is 0.0585 e. The van der Waals surface area contributed by atoms with E-state index < -0.39 is 0 Å². The third kappa shape index (κ3) is 2.98. The smallest absolute Gasteiger partial charge is 0.0585 e. The number of ether oxygens (including phenoxy) is 1. The van der Waals surface area contributed by atoms with E-state index in [9.17, 15) is 0 Å². The first-order valence-corrected chi connectivity index (χ1v) is 7.10. The minimum atomic E-state index is 0.505. The van der Waals surface area contributed by atoms with Crippen LogP contribution in [0.2, 0.25) is 0 Å². The molecule has 1 aliphatic heterocycles. The summed E-state index contributed by atoms with van der Waals surface area (Å²) in [6.45, 7) is 6.84. The van der Waals surface area contributed by atoms with Crippen LogP contribution in [0.3, 0.4) is 0 Å². The van der Waals surface area contributed by atoms with Gasteiger partial charge in [0.25, 0.3) is 0 Å². The van der Waals surface area contributed by atoms with Crippen LogP contribution in [0, 0.1) is 5.41 Å². The standard InChI is InChI=1S/C14H27NO/c1-3-9-15-11-14(7-4-8-14)10-13-6-5-12(2)16-13/h12-13,15H,3-11H2,1-2H3. The van der Waals surface area contributed by atoms with Gasteiger partial charge in [0, 0.05) is 6.54 Å². The van der Waals surface area contributed by atoms with Crippen LogP contribution in [0.4, 0.5) is 0 Å². The second-order valence-corrected chi connectivity index (χ2v) is 5.88. The summed E-state index contributed by atoms with van der Waals surface area (Å²) in [5, 5.41) is 3.61. The molecule has 0 aromatic heterocycles. The molecular formula is C14H27NO. The second kappa shape index (κ2) is 5.50. The predicted octanol–water partition coefficient (Wildman–Crippen LogP) is 3.11. The van der Waals surface area contributed by atoms with Gasteiger partial charge in [-0.1, -0.05) is 13.3 Å². The SMILES string of the molecule is CCCNCC1(CC2CCC(C)O2)CCC1. The normalized spacial score (nSPS) is 32.6. The predicted molar refractivity (Wildman–Crippen MR) is 67.6 cm³/mol. The lowest BCUT2D eigenvalue weighted by Crippen LogP contribution is -2.42. The number of nitrogens with one attached hydrogen (secondary N) is 1. The Morgan fingerprint density at radius 2 is 2.12 bits per heavy atom. The molecule has 1 N–H and O–H groups in total. The van der Waals surface area contributed by atoms with Gasteiger partial charge in [-0.2, -0.15) is 0 Å². The summed E-state index contributed by atoms with van der Waals surface area (Å²) in [5.74, 6) is 0. The lowest BCUT2D eigenvalue weighted by atomic mass is 9.65. The molecule has 1 saturated heterocycles. The van der Waals surface area contributed by atoms with Crippen LogP contribution in [0.15, 0.2) is 0 Å². The highest BCUT2D eigenvalue weighted by atomic mass is 16.5. The molecule has 2 rings (SSSR count). The molecule has 0 aromatic carbocycles. The van der Waals surface area contributed by atoms with Crippen LogP contribution >= 0.6 is 0 Å². The van der Waals surface area contributed by atoms with E-state index in [0.29, 0.717) is 17.6 Å². The Morgan fingerprint density at radius 1 is 1.31 bits per heavy atom. The topological polar surface area (TPSA) is 21.3 Å². The number of hydrogen-bond acceptors (Lipinski definition) is 2. The van der Waals surface area contributed by atoms with E-state index in [0.717, 1.165) is 0 Å². The van der Waals surface area contributed by atoms with Crippen LogP contribution in [0.5, 0.6) is 0 Å². The van der Waals surface area contributed by atoms with Gasteiger partial charge < -0.3 is 10.1 Å². The summed E-state index contributed by atoms with van der Waals surface area (Å²) in [5.41, 5.74) is 0.587. The van der Waals surface area contributed by atoms with Crippen molar-refractivity contribution < 1.29 is 4.74 Å². The highest BCUT2D eigenvalue weighted by Gasteiger charge is 2.40. The van der Waals surface area contributed by atoms with Crippen molar-refractivity contribution in [3.05, 3.63) is 0 Å². The number of hydrogen-bond donors (Lipinski definition) is 1. The lowest BCUT2D eigenvalue weighted by molar-refractivity contribution is -0.00384. The van der Waals surface area contributed by atoms with Gasteiger partial charge in [0.05, 0.1) is 12.2 Å². The molecule has 94 valence electrons. The van der Waals surface area contributed by atoms with E-state index in [1.807, 2.05) is 0 Å². The fourth-order valence-electron chi connectivity index (χ4n) is 3.18. The van der Waals surface area contributed by atoms with Crippen LogP contribution in [0.25, 0.3) is 0 Å². The largest absolute Gasteiger partial charge is 0.375 e. The van der Waals surface area contributed by atoms with E-state index >= 15 is 0 Å². The summed E-state index contributed by atoms with van der Waals surface area (Å²) in [6.07, 6.45) is 10.4. The van der Waals surface area contributed by atoms with Crippen molar-refractivity contribution in [2.75, 3.05) is 13.1 Å². The molecule has 2 fully saturated rings. The van der Waals surface area contributed by atoms with Gasteiger partial charge in [0.1, 0.15) is 0 Å². The second-order valence-electron chi connectivity index (χ2n) is 5.88. The minimum absolute atomic E-state index is 0.505. The summed E-state index contributed by atoms with van der Waals surface area (Å²) < 4.78 is 5.97. The Morgan fingerprint density at radius 3 is 2.62 bits per heavy atom. The Hall–Kier alpha value is -0.0800. The summed E-state index contributed by atoms with van der Waals surface area (Å²) in [4.78, 5) is 0. The van der Waals surface area contributed by atoms with Crippen molar-refractivity contribution in [2.24, 2.45) is 5.41 Å². The average Bonchev–Trinajstić information content (AvgIpc) is 2.60. The molecule has 0 radical (unpaired) electrons. The Labute approximate surface area is 100 Å². The molecule has 0 amide bonds. The molecule has 16 heavy (non-hydrogen) atoms. The molecule has 2 unspecified atom stereocenters. The highest BCUT2D eigenvalue weighted by Crippen LogP contribution is 2.46. The van der Waals surface area contributed by atoms with Gasteiger partial charge in [-0.15, -0.1) is 0 Å². The first kappa shape index (κ1) is 12.4. The van der Waals surface area contributed by atoms with Crippen LogP contribution in [-0.4, -0.2) is 25.3 Å². The first-order chi connectivity index (χ1) is 7.74. The van der Waals surface area contributed by atoms with E-state index in [1.165, 1.54) is 58.0 Å². The zero-order valence-electron chi connectivity index (χ0n) is 10.9. The van der Waals surface area contributed by atoms with Gasteiger partial charge in [0.2, 0.25) is 0 Å². The quantitative estimate of drug-likeness (QED) is 0.701.